The maximum absolute atomic E-state index is 10.1. The highest BCUT2D eigenvalue weighted by atomic mass is 32.2. The molecule has 0 aromatic heterocycles. The molecule has 3 rings (SSSR count). The third-order valence-electron chi connectivity index (χ3n) is 3.48. The molecule has 1 N–H and O–H groups in total. The molecule has 0 spiro atoms. The summed E-state index contributed by atoms with van der Waals surface area (Å²) in [6, 6.07) is 0. The Morgan fingerprint density at radius 3 is 1.61 bits per heavy atom. The molecule has 3 aliphatic heterocycles. The van der Waals surface area contributed by atoms with E-state index in [1.807, 2.05) is 27.7 Å². The zero-order chi connectivity index (χ0) is 13.1. The molecule has 0 bridgehead atoms. The summed E-state index contributed by atoms with van der Waals surface area (Å²) in [6.45, 7) is 7.58. The zero-order valence-corrected chi connectivity index (χ0v) is 12.0. The second-order valence-corrected chi connectivity index (χ2v) is 7.66. The van der Waals surface area contributed by atoms with Crippen LogP contribution in [-0.2, 0) is 30.1 Å². The molecule has 5 nitrogen and oxygen atoms in total. The number of hydrogen-bond donors (Lipinski definition) is 1. The molecule has 1 unspecified atom stereocenters. The van der Waals surface area contributed by atoms with Gasteiger partial charge in [0.25, 0.3) is 0 Å². The number of rotatable bonds is 0. The maximum Gasteiger partial charge on any atom is 0.169 e. The predicted molar refractivity (Wildman–Crippen MR) is 67.4 cm³/mol. The molecule has 18 heavy (non-hydrogen) atoms. The molecular formula is C12H21O5S+. The summed E-state index contributed by atoms with van der Waals surface area (Å²) < 4.78 is 33.7. The van der Waals surface area contributed by atoms with E-state index in [4.69, 9.17) is 18.9 Å². The molecule has 3 heterocycles. The van der Waals surface area contributed by atoms with Crippen LogP contribution in [0.2, 0.25) is 0 Å². The number of fused-ring (bicyclic) bond motifs is 3. The van der Waals surface area contributed by atoms with E-state index in [9.17, 15) is 4.55 Å². The Morgan fingerprint density at radius 1 is 0.833 bits per heavy atom. The second-order valence-electron chi connectivity index (χ2n) is 6.07. The van der Waals surface area contributed by atoms with Gasteiger partial charge >= 0.3 is 0 Å². The third kappa shape index (κ3) is 2.30. The van der Waals surface area contributed by atoms with Crippen molar-refractivity contribution in [2.24, 2.45) is 0 Å². The molecule has 0 aliphatic carbocycles. The van der Waals surface area contributed by atoms with Gasteiger partial charge in [-0.25, -0.2) is 0 Å². The van der Waals surface area contributed by atoms with Crippen LogP contribution in [0, 0.1) is 0 Å². The predicted octanol–water partition coefficient (Wildman–Crippen LogP) is 1.13. The molecule has 6 heteroatoms. The first-order valence-electron chi connectivity index (χ1n) is 6.34. The van der Waals surface area contributed by atoms with Crippen molar-refractivity contribution >= 4 is 11.2 Å². The lowest BCUT2D eigenvalue weighted by Crippen LogP contribution is -2.41. The SMILES string of the molecule is CC1(C)O[C@H]2[C@@H]3OC(C)(C)O[C@@H]3C[S+](O)C[C@@H]2O1. The molecule has 0 radical (unpaired) electrons. The summed E-state index contributed by atoms with van der Waals surface area (Å²) in [4.78, 5) is 0. The Balaban J connectivity index is 1.87. The van der Waals surface area contributed by atoms with Gasteiger partial charge < -0.3 is 18.9 Å². The number of hydrogen-bond acceptors (Lipinski definition) is 5. The molecule has 3 saturated heterocycles. The largest absolute Gasteiger partial charge is 0.342 e. The average Bonchev–Trinajstić information content (AvgIpc) is 2.60. The van der Waals surface area contributed by atoms with Crippen molar-refractivity contribution in [1.82, 2.24) is 0 Å². The summed E-state index contributed by atoms with van der Waals surface area (Å²) in [5.74, 6) is -0.0163. The Hall–Kier alpha value is 0.150. The van der Waals surface area contributed by atoms with E-state index in [-0.39, 0.29) is 24.4 Å². The minimum absolute atomic E-state index is 0.110. The summed E-state index contributed by atoms with van der Waals surface area (Å²) >= 11 is -0.705. The minimum atomic E-state index is -0.705. The van der Waals surface area contributed by atoms with Gasteiger partial charge in [-0.2, -0.15) is 4.55 Å². The van der Waals surface area contributed by atoms with Crippen molar-refractivity contribution in [2.45, 2.75) is 63.7 Å². The van der Waals surface area contributed by atoms with Crippen LogP contribution in [0.4, 0.5) is 0 Å². The van der Waals surface area contributed by atoms with Crippen LogP contribution < -0.4 is 0 Å². The van der Waals surface area contributed by atoms with Crippen LogP contribution in [0.15, 0.2) is 0 Å². The van der Waals surface area contributed by atoms with Gasteiger partial charge in [0.2, 0.25) is 0 Å². The highest BCUT2D eigenvalue weighted by molar-refractivity contribution is 7.91. The van der Waals surface area contributed by atoms with Crippen molar-refractivity contribution in [3.8, 4) is 0 Å². The van der Waals surface area contributed by atoms with Crippen LogP contribution in [0.3, 0.4) is 0 Å². The lowest BCUT2D eigenvalue weighted by atomic mass is 10.1. The van der Waals surface area contributed by atoms with E-state index >= 15 is 0 Å². The fourth-order valence-electron chi connectivity index (χ4n) is 2.99. The van der Waals surface area contributed by atoms with Crippen LogP contribution in [0.5, 0.6) is 0 Å². The molecule has 0 aromatic carbocycles. The fraction of sp³-hybridized carbons (Fsp3) is 1.00. The van der Waals surface area contributed by atoms with Crippen LogP contribution in [0.1, 0.15) is 27.7 Å². The molecule has 0 amide bonds. The van der Waals surface area contributed by atoms with Crippen molar-refractivity contribution in [2.75, 3.05) is 11.5 Å². The molecule has 0 saturated carbocycles. The summed E-state index contributed by atoms with van der Waals surface area (Å²) in [7, 11) is 0. The minimum Gasteiger partial charge on any atom is -0.342 e. The van der Waals surface area contributed by atoms with Crippen molar-refractivity contribution < 1.29 is 23.5 Å². The summed E-state index contributed by atoms with van der Waals surface area (Å²) in [5.41, 5.74) is 0. The smallest absolute Gasteiger partial charge is 0.169 e. The Morgan fingerprint density at radius 2 is 1.22 bits per heavy atom. The lowest BCUT2D eigenvalue weighted by Gasteiger charge is -2.22. The quantitative estimate of drug-likeness (QED) is 0.673. The van der Waals surface area contributed by atoms with E-state index in [1.54, 1.807) is 0 Å². The van der Waals surface area contributed by atoms with Crippen LogP contribution in [-0.4, -0.2) is 52.0 Å². The van der Waals surface area contributed by atoms with Gasteiger partial charge in [-0.05, 0) is 27.7 Å². The van der Waals surface area contributed by atoms with Gasteiger partial charge in [0.05, 0.1) is 0 Å². The molecule has 104 valence electrons. The molecular weight excluding hydrogens is 256 g/mol. The Bertz CT molecular complexity index is 313. The monoisotopic (exact) mass is 277 g/mol. The van der Waals surface area contributed by atoms with Gasteiger partial charge in [-0.15, -0.1) is 0 Å². The first-order valence-corrected chi connectivity index (χ1v) is 7.86. The van der Waals surface area contributed by atoms with E-state index in [2.05, 4.69) is 0 Å². The van der Waals surface area contributed by atoms with Crippen molar-refractivity contribution in [3.63, 3.8) is 0 Å². The van der Waals surface area contributed by atoms with Crippen LogP contribution in [0.25, 0.3) is 0 Å². The van der Waals surface area contributed by atoms with Crippen molar-refractivity contribution in [1.29, 1.82) is 0 Å². The highest BCUT2D eigenvalue weighted by Gasteiger charge is 2.59. The first kappa shape index (κ1) is 13.1. The van der Waals surface area contributed by atoms with Gasteiger partial charge in [-0.1, -0.05) is 0 Å². The molecule has 5 atom stereocenters. The highest BCUT2D eigenvalue weighted by Crippen LogP contribution is 2.41. The van der Waals surface area contributed by atoms with E-state index < -0.39 is 22.8 Å². The van der Waals surface area contributed by atoms with Gasteiger partial charge in [0.1, 0.15) is 35.6 Å². The Kier molecular flexibility index (Phi) is 2.97. The summed E-state index contributed by atoms with van der Waals surface area (Å²) in [5, 5.41) is 0. The van der Waals surface area contributed by atoms with Crippen LogP contribution >= 0.6 is 0 Å². The third-order valence-corrected chi connectivity index (χ3v) is 4.91. The van der Waals surface area contributed by atoms with E-state index in [0.29, 0.717) is 11.5 Å². The molecule has 3 fully saturated rings. The van der Waals surface area contributed by atoms with E-state index in [1.165, 1.54) is 0 Å². The molecule has 3 aliphatic rings. The second kappa shape index (κ2) is 4.07. The van der Waals surface area contributed by atoms with Gasteiger partial charge in [-0.3, -0.25) is 0 Å². The van der Waals surface area contributed by atoms with Crippen molar-refractivity contribution in [3.05, 3.63) is 0 Å². The first-order chi connectivity index (χ1) is 8.26. The fourth-order valence-corrected chi connectivity index (χ4v) is 4.40. The number of ether oxygens (including phenoxy) is 4. The van der Waals surface area contributed by atoms with E-state index in [0.717, 1.165) is 0 Å². The zero-order valence-electron chi connectivity index (χ0n) is 11.2. The maximum atomic E-state index is 10.1. The average molecular weight is 277 g/mol. The summed E-state index contributed by atoms with van der Waals surface area (Å²) in [6.07, 6.45) is -0.533. The normalized spacial score (nSPS) is 49.5. The van der Waals surface area contributed by atoms with Gasteiger partial charge in [0, 0.05) is 0 Å². The standard InChI is InChI=1S/C12H21O5S/c1-11(2)14-7-5-18(13)6-8-10(9(7)16-11)17-12(3,4)15-8/h7-10,13H,5-6H2,1-4H3/q+1/t7-,8+,9-,10-,18?/m1/s1. The Labute approximate surface area is 110 Å². The lowest BCUT2D eigenvalue weighted by molar-refractivity contribution is -0.175. The van der Waals surface area contributed by atoms with Gasteiger partial charge in [0.15, 0.2) is 23.1 Å². The molecule has 0 aromatic rings. The topological polar surface area (TPSA) is 57.2 Å².